The molecule has 5 rings (SSSR count). The second-order valence-electron chi connectivity index (χ2n) is 6.76. The molecular weight excluding hydrogens is 394 g/mol. The van der Waals surface area contributed by atoms with Crippen LogP contribution < -0.4 is 5.32 Å². The van der Waals surface area contributed by atoms with E-state index in [0.717, 1.165) is 27.0 Å². The fourth-order valence-electron chi connectivity index (χ4n) is 3.30. The van der Waals surface area contributed by atoms with Crippen LogP contribution in [0.1, 0.15) is 16.2 Å². The van der Waals surface area contributed by atoms with Gasteiger partial charge in [0.15, 0.2) is 12.1 Å². The lowest BCUT2D eigenvalue weighted by atomic mass is 10.1. The summed E-state index contributed by atoms with van der Waals surface area (Å²) in [5.41, 5.74) is 6.60. The average molecular weight is 411 g/mol. The van der Waals surface area contributed by atoms with E-state index in [4.69, 9.17) is 0 Å². The lowest BCUT2D eigenvalue weighted by Crippen LogP contribution is -2.05. The molecule has 146 valence electrons. The Balaban J connectivity index is 1.41. The van der Waals surface area contributed by atoms with Crippen LogP contribution >= 0.6 is 11.3 Å². The molecule has 0 amide bonds. The molecule has 0 aliphatic rings. The zero-order valence-electron chi connectivity index (χ0n) is 15.9. The van der Waals surface area contributed by atoms with Crippen molar-refractivity contribution in [3.8, 4) is 16.9 Å². The zero-order valence-corrected chi connectivity index (χ0v) is 16.7. The molecule has 6 nitrogen and oxygen atoms in total. The highest BCUT2D eigenvalue weighted by molar-refractivity contribution is 7.16. The van der Waals surface area contributed by atoms with E-state index >= 15 is 0 Å². The summed E-state index contributed by atoms with van der Waals surface area (Å²) >= 11 is 1.58. The van der Waals surface area contributed by atoms with Crippen LogP contribution in [-0.2, 0) is 6.54 Å². The van der Waals surface area contributed by atoms with Crippen molar-refractivity contribution in [2.24, 2.45) is 0 Å². The molecule has 0 unspecified atom stereocenters. The van der Waals surface area contributed by atoms with Gasteiger partial charge in [-0.25, -0.2) is 15.0 Å². The molecule has 0 atom stereocenters. The largest absolute Gasteiger partial charge is 0.366 e. The van der Waals surface area contributed by atoms with E-state index < -0.39 is 0 Å². The van der Waals surface area contributed by atoms with Crippen LogP contribution in [0.25, 0.3) is 27.2 Å². The molecule has 0 bridgehead atoms. The molecule has 0 radical (unpaired) electrons. The third-order valence-corrected chi connectivity index (χ3v) is 5.55. The average Bonchev–Trinajstić information content (AvgIpc) is 3.49. The van der Waals surface area contributed by atoms with Crippen molar-refractivity contribution in [1.29, 1.82) is 0 Å². The molecule has 3 aromatic heterocycles. The minimum absolute atomic E-state index is 0.153. The summed E-state index contributed by atoms with van der Waals surface area (Å²) in [4.78, 5) is 24.4. The molecule has 0 aliphatic heterocycles. The summed E-state index contributed by atoms with van der Waals surface area (Å²) in [6.45, 7) is 0.581. The van der Waals surface area contributed by atoms with Gasteiger partial charge in [0.1, 0.15) is 5.82 Å². The van der Waals surface area contributed by atoms with Gasteiger partial charge in [-0.3, -0.25) is 4.79 Å². The van der Waals surface area contributed by atoms with E-state index in [1.165, 1.54) is 0 Å². The van der Waals surface area contributed by atoms with Crippen molar-refractivity contribution >= 4 is 33.7 Å². The molecule has 30 heavy (non-hydrogen) atoms. The van der Waals surface area contributed by atoms with E-state index in [1.54, 1.807) is 11.3 Å². The van der Waals surface area contributed by atoms with Crippen molar-refractivity contribution in [3.63, 3.8) is 0 Å². The predicted molar refractivity (Wildman–Crippen MR) is 119 cm³/mol. The Morgan fingerprint density at radius 1 is 1.00 bits per heavy atom. The Morgan fingerprint density at radius 2 is 1.90 bits per heavy atom. The van der Waals surface area contributed by atoms with Gasteiger partial charge in [-0.2, -0.15) is 0 Å². The second-order valence-corrected chi connectivity index (χ2v) is 7.65. The van der Waals surface area contributed by atoms with Crippen molar-refractivity contribution in [3.05, 3.63) is 90.0 Å². The summed E-state index contributed by atoms with van der Waals surface area (Å²) in [6, 6.07) is 20.1. The summed E-state index contributed by atoms with van der Waals surface area (Å²) in [7, 11) is 0. The highest BCUT2D eigenvalue weighted by Crippen LogP contribution is 2.26. The van der Waals surface area contributed by atoms with Crippen LogP contribution in [0.5, 0.6) is 0 Å². The lowest BCUT2D eigenvalue weighted by Gasteiger charge is -2.10. The van der Waals surface area contributed by atoms with Crippen LogP contribution in [-0.4, -0.2) is 25.8 Å². The monoisotopic (exact) mass is 411 g/mol. The first-order valence-corrected chi connectivity index (χ1v) is 10.3. The maximum atomic E-state index is 11.4. The summed E-state index contributed by atoms with van der Waals surface area (Å²) in [5.74, 6) is 0.762. The molecule has 5 aromatic rings. The minimum Gasteiger partial charge on any atom is -0.366 e. The number of benzene rings is 2. The Kier molecular flexibility index (Phi) is 4.78. The zero-order chi connectivity index (χ0) is 20.3. The number of fused-ring (bicyclic) bond motifs is 1. The number of rotatable bonds is 6. The first-order valence-electron chi connectivity index (χ1n) is 9.42. The Morgan fingerprint density at radius 3 is 2.77 bits per heavy atom. The number of aromatic nitrogens is 4. The molecule has 0 saturated carbocycles. The number of thiazole rings is 1. The van der Waals surface area contributed by atoms with Crippen molar-refractivity contribution < 1.29 is 4.79 Å². The normalized spacial score (nSPS) is 10.9. The Labute approximate surface area is 176 Å². The van der Waals surface area contributed by atoms with Gasteiger partial charge in [-0.1, -0.05) is 18.2 Å². The van der Waals surface area contributed by atoms with Crippen molar-refractivity contribution in [1.82, 2.24) is 19.5 Å². The topological polar surface area (TPSA) is 72.7 Å². The summed E-state index contributed by atoms with van der Waals surface area (Å²) in [6.07, 6.45) is 4.70. The SMILES string of the molecule is O=Cc1nc(NCc2cccc(-n3cccc3)c2)cc(-c2ccc3ncsc3c2)n1. The smallest absolute Gasteiger partial charge is 0.195 e. The van der Waals surface area contributed by atoms with E-state index in [-0.39, 0.29) is 5.82 Å². The molecule has 0 saturated heterocycles. The standard InChI is InChI=1S/C23H17N5OS/c29-14-23-26-20(17-6-7-19-21(11-17)30-15-25-19)12-22(27-23)24-13-16-4-3-5-18(10-16)28-8-1-2-9-28/h1-12,14-15H,13H2,(H,24,26,27). The second kappa shape index (κ2) is 7.88. The Hall–Kier alpha value is -3.84. The maximum Gasteiger partial charge on any atom is 0.195 e. The summed E-state index contributed by atoms with van der Waals surface area (Å²) < 4.78 is 3.14. The number of nitrogens with zero attached hydrogens (tertiary/aromatic N) is 4. The van der Waals surface area contributed by atoms with E-state index in [1.807, 2.05) is 60.4 Å². The molecule has 0 fully saturated rings. The molecule has 3 heterocycles. The summed E-state index contributed by atoms with van der Waals surface area (Å²) in [5, 5.41) is 3.32. The van der Waals surface area contributed by atoms with E-state index in [0.29, 0.717) is 24.3 Å². The highest BCUT2D eigenvalue weighted by atomic mass is 32.1. The number of hydrogen-bond donors (Lipinski definition) is 1. The fourth-order valence-corrected chi connectivity index (χ4v) is 4.01. The van der Waals surface area contributed by atoms with Gasteiger partial charge in [0.25, 0.3) is 0 Å². The van der Waals surface area contributed by atoms with Gasteiger partial charge in [-0.15, -0.1) is 11.3 Å². The fraction of sp³-hybridized carbons (Fsp3) is 0.0435. The van der Waals surface area contributed by atoms with E-state index in [2.05, 4.69) is 43.0 Å². The van der Waals surface area contributed by atoms with Gasteiger partial charge in [-0.05, 0) is 42.0 Å². The van der Waals surface area contributed by atoms with Crippen molar-refractivity contribution in [2.45, 2.75) is 6.54 Å². The molecule has 2 aromatic carbocycles. The number of carbonyl (C=O) groups excluding carboxylic acids is 1. The third-order valence-electron chi connectivity index (χ3n) is 4.76. The molecule has 0 spiro atoms. The van der Waals surface area contributed by atoms with Crippen LogP contribution in [0.3, 0.4) is 0 Å². The van der Waals surface area contributed by atoms with E-state index in [9.17, 15) is 4.79 Å². The van der Waals surface area contributed by atoms with Gasteiger partial charge >= 0.3 is 0 Å². The number of carbonyl (C=O) groups is 1. The highest BCUT2D eigenvalue weighted by Gasteiger charge is 2.08. The molecule has 7 heteroatoms. The maximum absolute atomic E-state index is 11.4. The predicted octanol–water partition coefficient (Wildman–Crippen LogP) is 4.97. The van der Waals surface area contributed by atoms with Gasteiger partial charge < -0.3 is 9.88 Å². The van der Waals surface area contributed by atoms with Crippen molar-refractivity contribution in [2.75, 3.05) is 5.32 Å². The van der Waals surface area contributed by atoms with Gasteiger partial charge in [0.05, 0.1) is 21.4 Å². The van der Waals surface area contributed by atoms with Crippen LogP contribution in [0.15, 0.2) is 78.6 Å². The van der Waals surface area contributed by atoms with Crippen LogP contribution in [0.4, 0.5) is 5.82 Å². The number of hydrogen-bond acceptors (Lipinski definition) is 6. The lowest BCUT2D eigenvalue weighted by molar-refractivity contribution is 0.111. The first kappa shape index (κ1) is 18.2. The molecule has 0 aliphatic carbocycles. The quantitative estimate of drug-likeness (QED) is 0.400. The number of nitrogens with one attached hydrogen (secondary N) is 1. The molecule has 1 N–H and O–H groups in total. The first-order chi connectivity index (χ1) is 14.8. The Bertz CT molecular complexity index is 1330. The minimum atomic E-state index is 0.153. The molecular formula is C23H17N5OS. The van der Waals surface area contributed by atoms with Crippen LogP contribution in [0, 0.1) is 0 Å². The van der Waals surface area contributed by atoms with Gasteiger partial charge in [0, 0.05) is 36.3 Å². The number of aldehydes is 1. The third kappa shape index (κ3) is 3.70. The van der Waals surface area contributed by atoms with Gasteiger partial charge in [0.2, 0.25) is 0 Å². The number of anilines is 1. The van der Waals surface area contributed by atoms with Crippen LogP contribution in [0.2, 0.25) is 0 Å².